The van der Waals surface area contributed by atoms with Crippen molar-refractivity contribution in [3.05, 3.63) is 17.7 Å². The van der Waals surface area contributed by atoms with Gasteiger partial charge < -0.3 is 20.7 Å². The maximum atomic E-state index is 12.3. The summed E-state index contributed by atoms with van der Waals surface area (Å²) in [6.45, 7) is 2.68. The summed E-state index contributed by atoms with van der Waals surface area (Å²) in [5, 5.41) is 9.31. The average molecular weight is 280 g/mol. The van der Waals surface area contributed by atoms with Crippen LogP contribution in [0.1, 0.15) is 31.2 Å². The summed E-state index contributed by atoms with van der Waals surface area (Å²) < 4.78 is 0. The Morgan fingerprint density at radius 1 is 1.65 bits per heavy atom. The van der Waals surface area contributed by atoms with E-state index in [1.165, 1.54) is 11.2 Å². The molecule has 0 spiro atoms. The lowest BCUT2D eigenvalue weighted by atomic mass is 9.98. The number of aromatic nitrogens is 2. The third kappa shape index (κ3) is 2.82. The molecule has 110 valence electrons. The number of hydrogen-bond acceptors (Lipinski definition) is 4. The second-order valence-electron chi connectivity index (χ2n) is 5.12. The number of carboxylic acid groups (broad SMARTS) is 1. The monoisotopic (exact) mass is 280 g/mol. The number of carbonyl (C=O) groups excluding carboxylic acids is 1. The highest BCUT2D eigenvalue weighted by molar-refractivity contribution is 5.84. The van der Waals surface area contributed by atoms with E-state index in [2.05, 4.69) is 9.97 Å². The molecule has 1 aliphatic heterocycles. The largest absolute Gasteiger partial charge is 0.480 e. The number of carboxylic acids is 1. The van der Waals surface area contributed by atoms with E-state index in [0.29, 0.717) is 13.0 Å². The van der Waals surface area contributed by atoms with Crippen molar-refractivity contribution in [2.45, 2.75) is 38.8 Å². The first-order valence-electron chi connectivity index (χ1n) is 6.80. The summed E-state index contributed by atoms with van der Waals surface area (Å²) in [7, 11) is 0. The minimum absolute atomic E-state index is 0.0973. The van der Waals surface area contributed by atoms with Crippen LogP contribution in [0.3, 0.4) is 0 Å². The Labute approximate surface area is 117 Å². The second kappa shape index (κ2) is 6.04. The number of fused-ring (bicyclic) bond motifs is 1. The number of aliphatic carboxylic acids is 1. The quantitative estimate of drug-likeness (QED) is 0.709. The number of nitrogens with two attached hydrogens (primary N) is 1. The van der Waals surface area contributed by atoms with Crippen molar-refractivity contribution in [3.63, 3.8) is 0 Å². The molecule has 0 saturated heterocycles. The summed E-state index contributed by atoms with van der Waals surface area (Å²) in [6.07, 6.45) is 2.88. The van der Waals surface area contributed by atoms with E-state index in [1.807, 2.05) is 6.92 Å². The molecule has 20 heavy (non-hydrogen) atoms. The van der Waals surface area contributed by atoms with Gasteiger partial charge in [0, 0.05) is 12.8 Å². The van der Waals surface area contributed by atoms with E-state index in [1.54, 1.807) is 0 Å². The third-order valence-electron chi connectivity index (χ3n) is 3.88. The Balaban J connectivity index is 2.16. The first-order valence-corrected chi connectivity index (χ1v) is 6.80. The predicted molar refractivity (Wildman–Crippen MR) is 71.7 cm³/mol. The number of nitrogens with zero attached hydrogens (tertiary/aromatic N) is 2. The molecule has 0 saturated carbocycles. The number of imidazole rings is 1. The van der Waals surface area contributed by atoms with Crippen molar-refractivity contribution in [3.8, 4) is 0 Å². The summed E-state index contributed by atoms with van der Waals surface area (Å²) in [5.74, 6) is -1.05. The van der Waals surface area contributed by atoms with Crippen molar-refractivity contribution in [1.29, 1.82) is 0 Å². The molecule has 2 unspecified atom stereocenters. The van der Waals surface area contributed by atoms with Crippen LogP contribution < -0.4 is 5.73 Å². The van der Waals surface area contributed by atoms with Crippen LogP contribution in [0.15, 0.2) is 6.33 Å². The maximum absolute atomic E-state index is 12.3. The number of carbonyl (C=O) groups is 2. The Hall–Kier alpha value is -1.89. The number of aromatic amines is 1. The summed E-state index contributed by atoms with van der Waals surface area (Å²) >= 11 is 0. The van der Waals surface area contributed by atoms with E-state index >= 15 is 0 Å². The summed E-state index contributed by atoms with van der Waals surface area (Å²) in [5.41, 5.74) is 7.16. The van der Waals surface area contributed by atoms with Crippen molar-refractivity contribution in [2.75, 3.05) is 6.54 Å². The van der Waals surface area contributed by atoms with Crippen LogP contribution in [-0.2, 0) is 22.6 Å². The van der Waals surface area contributed by atoms with Gasteiger partial charge in [0.2, 0.25) is 5.91 Å². The molecule has 2 rings (SSSR count). The molecule has 1 amide bonds. The van der Waals surface area contributed by atoms with Gasteiger partial charge in [0.15, 0.2) is 0 Å². The molecular weight excluding hydrogens is 260 g/mol. The zero-order valence-electron chi connectivity index (χ0n) is 11.5. The Kier molecular flexibility index (Phi) is 4.39. The fourth-order valence-electron chi connectivity index (χ4n) is 2.48. The molecule has 1 aromatic heterocycles. The van der Waals surface area contributed by atoms with E-state index in [0.717, 1.165) is 17.8 Å². The van der Waals surface area contributed by atoms with E-state index < -0.39 is 12.0 Å². The molecule has 0 bridgehead atoms. The standard InChI is InChI=1S/C13H20N4O3/c1-2-8(5-14)3-12(18)17-6-10-9(15-7-16-10)4-11(17)13(19)20/h7-8,11H,2-6,14H2,1H3,(H,15,16)(H,19,20). The van der Waals surface area contributed by atoms with Crippen LogP contribution in [0.4, 0.5) is 0 Å². The molecule has 0 radical (unpaired) electrons. The Bertz CT molecular complexity index is 496. The number of rotatable bonds is 5. The van der Waals surface area contributed by atoms with E-state index in [4.69, 9.17) is 5.73 Å². The first kappa shape index (κ1) is 14.5. The fourth-order valence-corrected chi connectivity index (χ4v) is 2.48. The van der Waals surface area contributed by atoms with E-state index in [9.17, 15) is 14.7 Å². The molecular formula is C13H20N4O3. The molecule has 7 nitrogen and oxygen atoms in total. The number of H-pyrrole nitrogens is 1. The highest BCUT2D eigenvalue weighted by atomic mass is 16.4. The molecule has 0 aromatic carbocycles. The molecule has 1 aromatic rings. The smallest absolute Gasteiger partial charge is 0.326 e. The van der Waals surface area contributed by atoms with Crippen LogP contribution in [0.5, 0.6) is 0 Å². The van der Waals surface area contributed by atoms with Gasteiger partial charge in [-0.05, 0) is 12.5 Å². The summed E-state index contributed by atoms with van der Waals surface area (Å²) in [6, 6.07) is -0.839. The highest BCUT2D eigenvalue weighted by Crippen LogP contribution is 2.23. The average Bonchev–Trinajstić information content (AvgIpc) is 2.90. The topological polar surface area (TPSA) is 112 Å². The van der Waals surface area contributed by atoms with Crippen molar-refractivity contribution in [1.82, 2.24) is 14.9 Å². The lowest BCUT2D eigenvalue weighted by molar-refractivity contribution is -0.151. The zero-order valence-corrected chi connectivity index (χ0v) is 11.5. The molecule has 4 N–H and O–H groups in total. The maximum Gasteiger partial charge on any atom is 0.326 e. The fraction of sp³-hybridized carbons (Fsp3) is 0.615. The second-order valence-corrected chi connectivity index (χ2v) is 5.12. The Morgan fingerprint density at radius 3 is 3.00 bits per heavy atom. The number of amides is 1. The SMILES string of the molecule is CCC(CN)CC(=O)N1Cc2[nH]cnc2CC1C(=O)O. The lowest BCUT2D eigenvalue weighted by Crippen LogP contribution is -2.49. The molecule has 2 heterocycles. The van der Waals surface area contributed by atoms with Crippen LogP contribution >= 0.6 is 0 Å². The van der Waals surface area contributed by atoms with Gasteiger partial charge in [0.1, 0.15) is 6.04 Å². The van der Waals surface area contributed by atoms with Crippen LogP contribution in [0, 0.1) is 5.92 Å². The lowest BCUT2D eigenvalue weighted by Gasteiger charge is -2.33. The normalized spacial score (nSPS) is 19.5. The first-order chi connectivity index (χ1) is 9.56. The van der Waals surface area contributed by atoms with Gasteiger partial charge in [-0.1, -0.05) is 13.3 Å². The van der Waals surface area contributed by atoms with Gasteiger partial charge in [0.05, 0.1) is 24.3 Å². The molecule has 0 aliphatic carbocycles. The van der Waals surface area contributed by atoms with Gasteiger partial charge in [0.25, 0.3) is 0 Å². The number of nitrogens with one attached hydrogen (secondary N) is 1. The van der Waals surface area contributed by atoms with E-state index in [-0.39, 0.29) is 24.8 Å². The number of hydrogen-bond donors (Lipinski definition) is 3. The molecule has 0 fully saturated rings. The van der Waals surface area contributed by atoms with Gasteiger partial charge in [-0.2, -0.15) is 0 Å². The zero-order chi connectivity index (χ0) is 14.7. The van der Waals surface area contributed by atoms with Crippen LogP contribution in [0.25, 0.3) is 0 Å². The van der Waals surface area contributed by atoms with Crippen molar-refractivity contribution >= 4 is 11.9 Å². The predicted octanol–water partition coefficient (Wildman–Crippen LogP) is 0.123. The minimum Gasteiger partial charge on any atom is -0.480 e. The highest BCUT2D eigenvalue weighted by Gasteiger charge is 2.36. The molecule has 1 aliphatic rings. The van der Waals surface area contributed by atoms with Crippen LogP contribution in [0.2, 0.25) is 0 Å². The summed E-state index contributed by atoms with van der Waals surface area (Å²) in [4.78, 5) is 32.2. The minimum atomic E-state index is -0.993. The third-order valence-corrected chi connectivity index (χ3v) is 3.88. The van der Waals surface area contributed by atoms with Crippen molar-refractivity contribution < 1.29 is 14.7 Å². The van der Waals surface area contributed by atoms with Gasteiger partial charge in [-0.3, -0.25) is 4.79 Å². The van der Waals surface area contributed by atoms with Gasteiger partial charge in [-0.15, -0.1) is 0 Å². The molecule has 7 heteroatoms. The molecule has 2 atom stereocenters. The van der Waals surface area contributed by atoms with Gasteiger partial charge in [-0.25, -0.2) is 9.78 Å². The van der Waals surface area contributed by atoms with Crippen LogP contribution in [-0.4, -0.2) is 44.4 Å². The van der Waals surface area contributed by atoms with Gasteiger partial charge >= 0.3 is 5.97 Å². The Morgan fingerprint density at radius 2 is 2.40 bits per heavy atom. The van der Waals surface area contributed by atoms with Crippen molar-refractivity contribution in [2.24, 2.45) is 11.7 Å².